The molecule has 2 bridgehead atoms. The molecule has 4 nitrogen and oxygen atoms in total. The number of rotatable bonds is 1. The zero-order valence-electron chi connectivity index (χ0n) is 9.93. The van der Waals surface area contributed by atoms with Gasteiger partial charge in [-0.1, -0.05) is 0 Å². The highest BCUT2D eigenvalue weighted by molar-refractivity contribution is 8.01. The summed E-state index contributed by atoms with van der Waals surface area (Å²) in [6, 6.07) is 0. The first-order valence-corrected chi connectivity index (χ1v) is 7.46. The van der Waals surface area contributed by atoms with Crippen molar-refractivity contribution >= 4 is 11.8 Å². The molecule has 5 heteroatoms. The summed E-state index contributed by atoms with van der Waals surface area (Å²) in [7, 11) is 0. The van der Waals surface area contributed by atoms with Crippen molar-refractivity contribution < 1.29 is 9.66 Å². The Morgan fingerprint density at radius 2 is 2.24 bits per heavy atom. The van der Waals surface area contributed by atoms with E-state index >= 15 is 0 Å². The van der Waals surface area contributed by atoms with Crippen LogP contribution >= 0.6 is 11.8 Å². The van der Waals surface area contributed by atoms with Crippen LogP contribution in [-0.2, 0) is 4.74 Å². The molecule has 0 aromatic heterocycles. The second kappa shape index (κ2) is 2.99. The molecule has 4 fully saturated rings. The van der Waals surface area contributed by atoms with E-state index in [1.807, 2.05) is 0 Å². The normalized spacial score (nSPS) is 59.4. The van der Waals surface area contributed by atoms with Crippen molar-refractivity contribution in [2.24, 2.45) is 11.8 Å². The number of fused-ring (bicyclic) bond motifs is 2. The first kappa shape index (κ1) is 10.6. The van der Waals surface area contributed by atoms with Crippen LogP contribution in [0.15, 0.2) is 0 Å². The standard InChI is InChI=1S/C12H17NO3S/c1-7-16-10-6-8-5-9(10)12(17-7)4-2-3-11(8,12)13(14)15/h7-10H,2-6H2,1H3/t7-,8+,9-,10+,11+,12+/m0/s1. The molecule has 1 aliphatic heterocycles. The van der Waals surface area contributed by atoms with Crippen LogP contribution in [0.5, 0.6) is 0 Å². The summed E-state index contributed by atoms with van der Waals surface area (Å²) in [4.78, 5) is 11.8. The van der Waals surface area contributed by atoms with Gasteiger partial charge in [-0.2, -0.15) is 0 Å². The van der Waals surface area contributed by atoms with Crippen molar-refractivity contribution in [1.29, 1.82) is 0 Å². The quantitative estimate of drug-likeness (QED) is 0.533. The Morgan fingerprint density at radius 1 is 1.41 bits per heavy atom. The first-order chi connectivity index (χ1) is 8.10. The molecule has 4 aliphatic rings. The summed E-state index contributed by atoms with van der Waals surface area (Å²) >= 11 is 1.77. The number of ether oxygens (including phenoxy) is 1. The molecular weight excluding hydrogens is 238 g/mol. The molecule has 17 heavy (non-hydrogen) atoms. The summed E-state index contributed by atoms with van der Waals surface area (Å²) < 4.78 is 5.88. The van der Waals surface area contributed by atoms with E-state index in [2.05, 4.69) is 6.92 Å². The maximum Gasteiger partial charge on any atom is 0.239 e. The lowest BCUT2D eigenvalue weighted by Crippen LogP contribution is -2.63. The highest BCUT2D eigenvalue weighted by atomic mass is 32.2. The van der Waals surface area contributed by atoms with Crippen LogP contribution in [0.4, 0.5) is 0 Å². The second-order valence-corrected chi connectivity index (χ2v) is 7.69. The molecule has 94 valence electrons. The fraction of sp³-hybridized carbons (Fsp3) is 1.00. The molecule has 6 atom stereocenters. The van der Waals surface area contributed by atoms with E-state index < -0.39 is 5.54 Å². The number of nitrogens with zero attached hydrogens (tertiary/aromatic N) is 1. The fourth-order valence-corrected chi connectivity index (χ4v) is 7.37. The summed E-state index contributed by atoms with van der Waals surface area (Å²) in [5, 5.41) is 11.7. The Morgan fingerprint density at radius 3 is 3.00 bits per heavy atom. The van der Waals surface area contributed by atoms with Gasteiger partial charge in [0.2, 0.25) is 5.54 Å². The molecule has 4 rings (SSSR count). The summed E-state index contributed by atoms with van der Waals surface area (Å²) in [6.07, 6.45) is 5.13. The lowest BCUT2D eigenvalue weighted by atomic mass is 9.73. The van der Waals surface area contributed by atoms with Gasteiger partial charge < -0.3 is 4.74 Å². The highest BCUT2D eigenvalue weighted by Gasteiger charge is 2.81. The fourth-order valence-electron chi connectivity index (χ4n) is 5.35. The van der Waals surface area contributed by atoms with Crippen LogP contribution in [0.25, 0.3) is 0 Å². The van der Waals surface area contributed by atoms with Gasteiger partial charge in [0.05, 0.1) is 10.9 Å². The Hall–Kier alpha value is -0.290. The van der Waals surface area contributed by atoms with E-state index in [0.717, 1.165) is 32.1 Å². The molecule has 3 saturated carbocycles. The molecule has 0 radical (unpaired) electrons. The summed E-state index contributed by atoms with van der Waals surface area (Å²) in [5.41, 5.74) is -0.482. The number of thioether (sulfide) groups is 1. The largest absolute Gasteiger partial charge is 0.364 e. The summed E-state index contributed by atoms with van der Waals surface area (Å²) in [5.74, 6) is 0.719. The van der Waals surface area contributed by atoms with Gasteiger partial charge in [0.1, 0.15) is 5.44 Å². The van der Waals surface area contributed by atoms with E-state index in [0.29, 0.717) is 12.0 Å². The third-order valence-corrected chi connectivity index (χ3v) is 7.41. The van der Waals surface area contributed by atoms with E-state index in [1.165, 1.54) is 0 Å². The minimum atomic E-state index is -0.614. The minimum Gasteiger partial charge on any atom is -0.364 e. The monoisotopic (exact) mass is 255 g/mol. The molecular formula is C12H17NO3S. The van der Waals surface area contributed by atoms with Crippen LogP contribution in [0.3, 0.4) is 0 Å². The third-order valence-electron chi connectivity index (χ3n) is 5.69. The highest BCUT2D eigenvalue weighted by Crippen LogP contribution is 2.72. The molecule has 0 unspecified atom stereocenters. The predicted molar refractivity (Wildman–Crippen MR) is 64.4 cm³/mol. The Bertz CT molecular complexity index is 403. The number of hydrogen-bond acceptors (Lipinski definition) is 4. The molecule has 1 heterocycles. The smallest absolute Gasteiger partial charge is 0.239 e. The van der Waals surface area contributed by atoms with Gasteiger partial charge in [0, 0.05) is 23.2 Å². The molecule has 1 spiro atoms. The first-order valence-electron chi connectivity index (χ1n) is 6.58. The number of hydrogen-bond donors (Lipinski definition) is 0. The van der Waals surface area contributed by atoms with Gasteiger partial charge in [-0.25, -0.2) is 0 Å². The van der Waals surface area contributed by atoms with E-state index in [9.17, 15) is 10.1 Å². The van der Waals surface area contributed by atoms with Crippen molar-refractivity contribution in [3.63, 3.8) is 0 Å². The average Bonchev–Trinajstić information content (AvgIpc) is 2.83. The van der Waals surface area contributed by atoms with Gasteiger partial charge in [0.25, 0.3) is 0 Å². The Balaban J connectivity index is 1.88. The van der Waals surface area contributed by atoms with Crippen molar-refractivity contribution in [2.45, 2.75) is 60.9 Å². The zero-order valence-corrected chi connectivity index (χ0v) is 10.7. The Kier molecular flexibility index (Phi) is 1.87. The third kappa shape index (κ3) is 0.951. The van der Waals surface area contributed by atoms with Crippen LogP contribution in [0.2, 0.25) is 0 Å². The number of nitro groups is 1. The molecule has 0 aromatic carbocycles. The zero-order chi connectivity index (χ0) is 11.8. The van der Waals surface area contributed by atoms with Crippen molar-refractivity contribution in [3.05, 3.63) is 10.1 Å². The molecule has 0 N–H and O–H groups in total. The summed E-state index contributed by atoms with van der Waals surface area (Å²) in [6.45, 7) is 2.06. The lowest BCUT2D eigenvalue weighted by Gasteiger charge is -2.50. The minimum absolute atomic E-state index is 0.0892. The molecule has 3 aliphatic carbocycles. The van der Waals surface area contributed by atoms with Crippen molar-refractivity contribution in [3.8, 4) is 0 Å². The molecule has 0 amide bonds. The van der Waals surface area contributed by atoms with Crippen molar-refractivity contribution in [1.82, 2.24) is 0 Å². The van der Waals surface area contributed by atoms with Crippen LogP contribution in [-0.4, -0.2) is 26.7 Å². The van der Waals surface area contributed by atoms with E-state index in [-0.39, 0.29) is 21.0 Å². The molecule has 1 saturated heterocycles. The SMILES string of the molecule is C[C@H]1O[C@@H]2C[C@H]3C[C@@H]2[C@@]2(CCC[C@@]32[N+](=O)[O-])S1. The van der Waals surface area contributed by atoms with Gasteiger partial charge in [-0.05, 0) is 32.6 Å². The van der Waals surface area contributed by atoms with Gasteiger partial charge in [0.15, 0.2) is 0 Å². The maximum atomic E-state index is 11.7. The van der Waals surface area contributed by atoms with Gasteiger partial charge in [-0.3, -0.25) is 10.1 Å². The topological polar surface area (TPSA) is 52.4 Å². The van der Waals surface area contributed by atoms with E-state index in [4.69, 9.17) is 4.74 Å². The average molecular weight is 255 g/mol. The van der Waals surface area contributed by atoms with Gasteiger partial charge >= 0.3 is 0 Å². The molecule has 0 aromatic rings. The van der Waals surface area contributed by atoms with Gasteiger partial charge in [-0.15, -0.1) is 11.8 Å². The van der Waals surface area contributed by atoms with E-state index in [1.54, 1.807) is 11.8 Å². The second-order valence-electron chi connectivity index (χ2n) is 6.06. The maximum absolute atomic E-state index is 11.7. The Labute approximate surface area is 105 Å². The van der Waals surface area contributed by atoms with Crippen LogP contribution in [0.1, 0.15) is 39.0 Å². The van der Waals surface area contributed by atoms with Crippen LogP contribution < -0.4 is 0 Å². The van der Waals surface area contributed by atoms with Crippen LogP contribution in [0, 0.1) is 22.0 Å². The lowest BCUT2D eigenvalue weighted by molar-refractivity contribution is -0.583. The predicted octanol–water partition coefficient (Wildman–Crippen LogP) is 2.44. The van der Waals surface area contributed by atoms with Crippen molar-refractivity contribution in [2.75, 3.05) is 0 Å².